The van der Waals surface area contributed by atoms with E-state index in [1.807, 2.05) is 19.9 Å². The van der Waals surface area contributed by atoms with E-state index in [1.54, 1.807) is 19.1 Å². The Morgan fingerprint density at radius 3 is 2.07 bits per heavy atom. The number of alkyl halides is 3. The third-order valence-corrected chi connectivity index (χ3v) is 5.33. The second-order valence-electron chi connectivity index (χ2n) is 6.89. The third-order valence-electron chi connectivity index (χ3n) is 4.15. The molecule has 1 N–H and O–H groups in total. The zero-order valence-corrected chi connectivity index (χ0v) is 17.8. The first-order valence-electron chi connectivity index (χ1n) is 9.04. The van der Waals surface area contributed by atoms with Gasteiger partial charge >= 0.3 is 6.36 Å². The van der Waals surface area contributed by atoms with Gasteiger partial charge in [-0.3, -0.25) is 9.10 Å². The summed E-state index contributed by atoms with van der Waals surface area (Å²) in [5.74, 6) is -1.04. The number of carbonyl (C=O) groups excluding carboxylic acids is 1. The minimum absolute atomic E-state index is 0.182. The summed E-state index contributed by atoms with van der Waals surface area (Å²) in [4.78, 5) is 12.9. The van der Waals surface area contributed by atoms with Crippen molar-refractivity contribution in [2.45, 2.75) is 39.6 Å². The first kappa shape index (κ1) is 23.5. The molecular weight excluding hydrogens is 421 g/mol. The molecule has 10 heteroatoms. The largest absolute Gasteiger partial charge is 0.573 e. The number of halogens is 3. The molecule has 0 aliphatic heterocycles. The minimum atomic E-state index is -4.82. The number of amides is 1. The summed E-state index contributed by atoms with van der Waals surface area (Å²) in [5.41, 5.74) is 2.26. The summed E-state index contributed by atoms with van der Waals surface area (Å²) in [5, 5.41) is 2.55. The van der Waals surface area contributed by atoms with Gasteiger partial charge in [0.2, 0.25) is 15.9 Å². The summed E-state index contributed by atoms with van der Waals surface area (Å²) >= 11 is 0. The van der Waals surface area contributed by atoms with Crippen molar-refractivity contribution in [3.05, 3.63) is 53.6 Å². The molecule has 0 heterocycles. The molecule has 0 aromatic heterocycles. The van der Waals surface area contributed by atoms with Crippen LogP contribution in [0.3, 0.4) is 0 Å². The fraction of sp³-hybridized carbons (Fsp3) is 0.350. The molecule has 0 saturated heterocycles. The maximum absolute atomic E-state index is 12.9. The molecule has 0 aliphatic rings. The van der Waals surface area contributed by atoms with Gasteiger partial charge in [0.25, 0.3) is 0 Å². The lowest BCUT2D eigenvalue weighted by Crippen LogP contribution is -2.47. The number of hydrogen-bond acceptors (Lipinski definition) is 4. The molecule has 2 rings (SSSR count). The lowest BCUT2D eigenvalue weighted by Gasteiger charge is -2.30. The van der Waals surface area contributed by atoms with Gasteiger partial charge in [0.05, 0.1) is 11.9 Å². The molecule has 0 spiro atoms. The molecule has 1 unspecified atom stereocenters. The standard InChI is InChI=1S/C20H23F3N2O4S/c1-5-18(25(30(4,27)28)16-11-13(2)10-14(3)12-16)19(26)24-15-6-8-17(9-7-15)29-20(21,22)23/h6-12,18H,5H2,1-4H3,(H,24,26). The van der Waals surface area contributed by atoms with Crippen LogP contribution in [-0.2, 0) is 14.8 Å². The Bertz CT molecular complexity index is 985. The number of benzene rings is 2. The third kappa shape index (κ3) is 6.38. The van der Waals surface area contributed by atoms with Crippen LogP contribution in [0.5, 0.6) is 5.75 Å². The number of hydrogen-bond donors (Lipinski definition) is 1. The SMILES string of the molecule is CCC(C(=O)Nc1ccc(OC(F)(F)F)cc1)N(c1cc(C)cc(C)c1)S(C)(=O)=O. The Morgan fingerprint density at radius 1 is 1.10 bits per heavy atom. The topological polar surface area (TPSA) is 75.7 Å². The summed E-state index contributed by atoms with van der Waals surface area (Å²) in [7, 11) is -3.80. The molecule has 1 atom stereocenters. The van der Waals surface area contributed by atoms with Crippen molar-refractivity contribution in [2.75, 3.05) is 15.9 Å². The molecular formula is C20H23F3N2O4S. The molecule has 30 heavy (non-hydrogen) atoms. The Labute approximate surface area is 173 Å². The summed E-state index contributed by atoms with van der Waals surface area (Å²) in [6, 6.07) is 8.79. The summed E-state index contributed by atoms with van der Waals surface area (Å²) in [6.45, 7) is 5.32. The van der Waals surface area contributed by atoms with Crippen molar-refractivity contribution in [1.29, 1.82) is 0 Å². The van der Waals surface area contributed by atoms with E-state index in [1.165, 1.54) is 12.1 Å². The van der Waals surface area contributed by atoms with E-state index >= 15 is 0 Å². The zero-order valence-electron chi connectivity index (χ0n) is 16.9. The number of ether oxygens (including phenoxy) is 1. The van der Waals surface area contributed by atoms with E-state index in [4.69, 9.17) is 0 Å². The molecule has 1 amide bonds. The number of aryl methyl sites for hydroxylation is 2. The fourth-order valence-electron chi connectivity index (χ4n) is 3.10. The van der Waals surface area contributed by atoms with Crippen LogP contribution in [0.25, 0.3) is 0 Å². The lowest BCUT2D eigenvalue weighted by molar-refractivity contribution is -0.274. The highest BCUT2D eigenvalue weighted by molar-refractivity contribution is 7.92. The molecule has 0 fully saturated rings. The van der Waals surface area contributed by atoms with Crippen LogP contribution in [0, 0.1) is 13.8 Å². The van der Waals surface area contributed by atoms with Crippen molar-refractivity contribution in [3.63, 3.8) is 0 Å². The highest BCUT2D eigenvalue weighted by Crippen LogP contribution is 2.27. The van der Waals surface area contributed by atoms with Crippen LogP contribution in [0.2, 0.25) is 0 Å². The molecule has 6 nitrogen and oxygen atoms in total. The van der Waals surface area contributed by atoms with Crippen LogP contribution < -0.4 is 14.4 Å². The molecule has 0 bridgehead atoms. The van der Waals surface area contributed by atoms with E-state index in [0.29, 0.717) is 5.69 Å². The number of carbonyl (C=O) groups is 1. The average Bonchev–Trinajstić information content (AvgIpc) is 2.57. The highest BCUT2D eigenvalue weighted by atomic mass is 32.2. The molecule has 2 aromatic rings. The number of sulfonamides is 1. The Kier molecular flexibility index (Phi) is 7.02. The predicted octanol–water partition coefficient (Wildman–Crippen LogP) is 4.39. The van der Waals surface area contributed by atoms with Crippen LogP contribution in [0.1, 0.15) is 24.5 Å². The number of nitrogens with one attached hydrogen (secondary N) is 1. The molecule has 2 aromatic carbocycles. The number of anilines is 2. The van der Waals surface area contributed by atoms with E-state index in [-0.39, 0.29) is 12.1 Å². The van der Waals surface area contributed by atoms with Gasteiger partial charge in [0.15, 0.2) is 0 Å². The Hall–Kier alpha value is -2.75. The van der Waals surface area contributed by atoms with E-state index in [0.717, 1.165) is 33.8 Å². The van der Waals surface area contributed by atoms with E-state index in [9.17, 15) is 26.4 Å². The van der Waals surface area contributed by atoms with Crippen molar-refractivity contribution >= 4 is 27.3 Å². The molecule has 0 aliphatic carbocycles. The summed E-state index contributed by atoms with van der Waals surface area (Å²) in [6.07, 6.45) is -3.62. The Morgan fingerprint density at radius 2 is 1.63 bits per heavy atom. The lowest BCUT2D eigenvalue weighted by atomic mass is 10.1. The van der Waals surface area contributed by atoms with Crippen LogP contribution in [0.4, 0.5) is 24.5 Å². The maximum Gasteiger partial charge on any atom is 0.573 e. The average molecular weight is 444 g/mol. The van der Waals surface area contributed by atoms with Crippen LogP contribution in [0.15, 0.2) is 42.5 Å². The normalized spacial score (nSPS) is 12.9. The monoisotopic (exact) mass is 444 g/mol. The smallest absolute Gasteiger partial charge is 0.406 e. The number of nitrogens with zero attached hydrogens (tertiary/aromatic N) is 1. The summed E-state index contributed by atoms with van der Waals surface area (Å²) < 4.78 is 66.7. The van der Waals surface area contributed by atoms with Gasteiger partial charge in [0, 0.05) is 5.69 Å². The van der Waals surface area contributed by atoms with Gasteiger partial charge in [-0.2, -0.15) is 0 Å². The van der Waals surface area contributed by atoms with E-state index in [2.05, 4.69) is 10.1 Å². The van der Waals surface area contributed by atoms with Crippen molar-refractivity contribution < 1.29 is 31.1 Å². The quantitative estimate of drug-likeness (QED) is 0.688. The predicted molar refractivity (Wildman–Crippen MR) is 109 cm³/mol. The van der Waals surface area contributed by atoms with Gasteiger partial charge in [0.1, 0.15) is 11.8 Å². The van der Waals surface area contributed by atoms with Crippen molar-refractivity contribution in [2.24, 2.45) is 0 Å². The number of rotatable bonds is 7. The fourth-order valence-corrected chi connectivity index (χ4v) is 4.30. The first-order chi connectivity index (χ1) is 13.8. The second-order valence-corrected chi connectivity index (χ2v) is 8.75. The van der Waals surface area contributed by atoms with Crippen LogP contribution >= 0.6 is 0 Å². The van der Waals surface area contributed by atoms with E-state index < -0.39 is 34.1 Å². The second kappa shape index (κ2) is 8.95. The van der Waals surface area contributed by atoms with Gasteiger partial charge in [-0.1, -0.05) is 13.0 Å². The zero-order chi connectivity index (χ0) is 22.7. The molecule has 164 valence electrons. The van der Waals surface area contributed by atoms with Gasteiger partial charge in [-0.25, -0.2) is 8.42 Å². The van der Waals surface area contributed by atoms with Gasteiger partial charge < -0.3 is 10.1 Å². The Balaban J connectivity index is 2.30. The van der Waals surface area contributed by atoms with Crippen molar-refractivity contribution in [1.82, 2.24) is 0 Å². The van der Waals surface area contributed by atoms with Gasteiger partial charge in [-0.15, -0.1) is 13.2 Å². The maximum atomic E-state index is 12.9. The minimum Gasteiger partial charge on any atom is -0.406 e. The first-order valence-corrected chi connectivity index (χ1v) is 10.9. The van der Waals surface area contributed by atoms with Crippen LogP contribution in [-0.4, -0.2) is 33.0 Å². The molecule has 0 saturated carbocycles. The highest BCUT2D eigenvalue weighted by Gasteiger charge is 2.32. The molecule has 0 radical (unpaired) electrons. The van der Waals surface area contributed by atoms with Gasteiger partial charge in [-0.05, 0) is 67.8 Å². The van der Waals surface area contributed by atoms with Crippen molar-refractivity contribution in [3.8, 4) is 5.75 Å².